The number of pyridine rings is 1. The number of halogens is 2. The van der Waals surface area contributed by atoms with Crippen molar-refractivity contribution in [2.24, 2.45) is 0 Å². The summed E-state index contributed by atoms with van der Waals surface area (Å²) in [6.45, 7) is 0. The molecular weight excluding hydrogens is 275 g/mol. The summed E-state index contributed by atoms with van der Waals surface area (Å²) in [6, 6.07) is 9.91. The number of carbonyl (C=O) groups is 1. The van der Waals surface area contributed by atoms with Crippen molar-refractivity contribution in [3.05, 3.63) is 52.6 Å². The molecule has 1 heterocycles. The van der Waals surface area contributed by atoms with Crippen molar-refractivity contribution < 1.29 is 9.53 Å². The predicted molar refractivity (Wildman–Crippen MR) is 70.3 cm³/mol. The number of amides is 1. The van der Waals surface area contributed by atoms with E-state index >= 15 is 0 Å². The van der Waals surface area contributed by atoms with E-state index in [1.807, 2.05) is 0 Å². The number of aromatic nitrogens is 1. The molecule has 2 rings (SSSR count). The van der Waals surface area contributed by atoms with Crippen LogP contribution >= 0.6 is 23.2 Å². The molecule has 18 heavy (non-hydrogen) atoms. The third-order valence-electron chi connectivity index (χ3n) is 2.02. The van der Waals surface area contributed by atoms with Crippen LogP contribution in [0.4, 0.5) is 10.5 Å². The van der Waals surface area contributed by atoms with Gasteiger partial charge in [0.25, 0.3) is 0 Å². The average Bonchev–Trinajstić information content (AvgIpc) is 2.36. The van der Waals surface area contributed by atoms with E-state index in [9.17, 15) is 4.79 Å². The Morgan fingerprint density at radius 3 is 2.72 bits per heavy atom. The third kappa shape index (κ3) is 3.12. The first-order valence-corrected chi connectivity index (χ1v) is 5.76. The summed E-state index contributed by atoms with van der Waals surface area (Å²) < 4.78 is 4.95. The minimum Gasteiger partial charge on any atom is -0.391 e. The largest absolute Gasteiger partial charge is 0.418 e. The quantitative estimate of drug-likeness (QED) is 0.906. The lowest BCUT2D eigenvalue weighted by Gasteiger charge is -2.07. The second-order valence-corrected chi connectivity index (χ2v) is 4.07. The first-order valence-electron chi connectivity index (χ1n) is 5.00. The van der Waals surface area contributed by atoms with Crippen LogP contribution in [0.1, 0.15) is 0 Å². The van der Waals surface area contributed by atoms with E-state index in [2.05, 4.69) is 10.3 Å². The van der Waals surface area contributed by atoms with Crippen molar-refractivity contribution in [3.63, 3.8) is 0 Å². The average molecular weight is 283 g/mol. The van der Waals surface area contributed by atoms with Gasteiger partial charge < -0.3 is 4.74 Å². The fourth-order valence-electron chi connectivity index (χ4n) is 1.24. The maximum Gasteiger partial charge on any atom is 0.418 e. The maximum absolute atomic E-state index is 11.6. The lowest BCUT2D eigenvalue weighted by molar-refractivity contribution is 0.213. The van der Waals surface area contributed by atoms with Crippen molar-refractivity contribution in [1.29, 1.82) is 0 Å². The van der Waals surface area contributed by atoms with Gasteiger partial charge in [0.2, 0.25) is 5.88 Å². The Morgan fingerprint density at radius 2 is 2.00 bits per heavy atom. The van der Waals surface area contributed by atoms with Crippen LogP contribution in [-0.2, 0) is 0 Å². The molecule has 92 valence electrons. The summed E-state index contributed by atoms with van der Waals surface area (Å²) in [5, 5.41) is 3.10. The standard InChI is InChI=1S/C12H8Cl2N2O2/c13-8-4-3-5-9(11(8)14)16-12(17)18-10-6-1-2-7-15-10/h1-7H,(H,16,17). The Hall–Kier alpha value is -1.78. The zero-order valence-corrected chi connectivity index (χ0v) is 10.6. The molecule has 0 atom stereocenters. The van der Waals surface area contributed by atoms with Crippen LogP contribution in [0.3, 0.4) is 0 Å². The van der Waals surface area contributed by atoms with Crippen LogP contribution in [0.25, 0.3) is 0 Å². The van der Waals surface area contributed by atoms with E-state index in [1.54, 1.807) is 36.4 Å². The molecule has 1 aromatic heterocycles. The number of rotatable bonds is 2. The Labute approximate surface area is 114 Å². The number of nitrogens with zero attached hydrogens (tertiary/aromatic N) is 1. The monoisotopic (exact) mass is 282 g/mol. The molecule has 1 amide bonds. The highest BCUT2D eigenvalue weighted by Crippen LogP contribution is 2.29. The van der Waals surface area contributed by atoms with Gasteiger partial charge in [-0.1, -0.05) is 35.3 Å². The zero-order chi connectivity index (χ0) is 13.0. The highest BCUT2D eigenvalue weighted by atomic mass is 35.5. The molecule has 1 N–H and O–H groups in total. The van der Waals surface area contributed by atoms with Gasteiger partial charge in [0.1, 0.15) is 0 Å². The lowest BCUT2D eigenvalue weighted by Crippen LogP contribution is -2.17. The predicted octanol–water partition coefficient (Wildman–Crippen LogP) is 4.00. The molecule has 0 aliphatic rings. The maximum atomic E-state index is 11.6. The number of hydrogen-bond acceptors (Lipinski definition) is 3. The minimum absolute atomic E-state index is 0.202. The lowest BCUT2D eigenvalue weighted by atomic mass is 10.3. The molecule has 0 aliphatic heterocycles. The van der Waals surface area contributed by atoms with Crippen molar-refractivity contribution in [3.8, 4) is 5.88 Å². The minimum atomic E-state index is -0.683. The molecule has 0 bridgehead atoms. The summed E-state index contributed by atoms with van der Waals surface area (Å²) in [6.07, 6.45) is 0.840. The molecule has 0 saturated heterocycles. The van der Waals surface area contributed by atoms with Gasteiger partial charge >= 0.3 is 6.09 Å². The Balaban J connectivity index is 2.06. The first-order chi connectivity index (χ1) is 8.66. The topological polar surface area (TPSA) is 51.2 Å². The van der Waals surface area contributed by atoms with Gasteiger partial charge in [-0.2, -0.15) is 0 Å². The Morgan fingerprint density at radius 1 is 1.17 bits per heavy atom. The van der Waals surface area contributed by atoms with Gasteiger partial charge in [0.15, 0.2) is 0 Å². The summed E-state index contributed by atoms with van der Waals surface area (Å²) in [4.78, 5) is 15.4. The van der Waals surface area contributed by atoms with Crippen molar-refractivity contribution in [2.45, 2.75) is 0 Å². The molecule has 6 heteroatoms. The first kappa shape index (κ1) is 12.7. The fraction of sp³-hybridized carbons (Fsp3) is 0. The number of anilines is 1. The summed E-state index contributed by atoms with van der Waals surface area (Å²) in [7, 11) is 0. The molecule has 0 spiro atoms. The zero-order valence-electron chi connectivity index (χ0n) is 9.06. The molecule has 1 aromatic carbocycles. The van der Waals surface area contributed by atoms with Gasteiger partial charge in [-0.05, 0) is 18.2 Å². The Kier molecular flexibility index (Phi) is 4.02. The Bertz CT molecular complexity index is 561. The number of hydrogen-bond donors (Lipinski definition) is 1. The summed E-state index contributed by atoms with van der Waals surface area (Å²) >= 11 is 11.7. The van der Waals surface area contributed by atoms with Crippen molar-refractivity contribution in [1.82, 2.24) is 4.98 Å². The number of nitrogens with one attached hydrogen (secondary N) is 1. The van der Waals surface area contributed by atoms with E-state index < -0.39 is 6.09 Å². The van der Waals surface area contributed by atoms with E-state index in [0.717, 1.165) is 0 Å². The highest BCUT2D eigenvalue weighted by molar-refractivity contribution is 6.43. The molecule has 0 saturated carbocycles. The van der Waals surface area contributed by atoms with Crippen LogP contribution in [0.2, 0.25) is 10.0 Å². The van der Waals surface area contributed by atoms with Crippen LogP contribution in [0.5, 0.6) is 5.88 Å². The van der Waals surface area contributed by atoms with Crippen LogP contribution in [0.15, 0.2) is 42.6 Å². The second kappa shape index (κ2) is 5.71. The molecule has 0 unspecified atom stereocenters. The van der Waals surface area contributed by atoms with Crippen molar-refractivity contribution in [2.75, 3.05) is 5.32 Å². The second-order valence-electron chi connectivity index (χ2n) is 3.28. The molecule has 4 nitrogen and oxygen atoms in total. The third-order valence-corrected chi connectivity index (χ3v) is 2.84. The summed E-state index contributed by atoms with van der Waals surface area (Å²) in [5.41, 5.74) is 0.380. The van der Waals surface area contributed by atoms with E-state index in [1.165, 1.54) is 6.20 Å². The molecule has 0 aliphatic carbocycles. The van der Waals surface area contributed by atoms with Gasteiger partial charge in [0.05, 0.1) is 15.7 Å². The molecule has 0 fully saturated rings. The SMILES string of the molecule is O=C(Nc1cccc(Cl)c1Cl)Oc1ccccn1. The smallest absolute Gasteiger partial charge is 0.391 e. The van der Waals surface area contributed by atoms with Crippen LogP contribution in [-0.4, -0.2) is 11.1 Å². The highest BCUT2D eigenvalue weighted by Gasteiger charge is 2.10. The van der Waals surface area contributed by atoms with Gasteiger partial charge in [0, 0.05) is 12.3 Å². The molecule has 0 radical (unpaired) electrons. The fourth-order valence-corrected chi connectivity index (χ4v) is 1.59. The normalized spacial score (nSPS) is 9.89. The summed E-state index contributed by atoms with van der Waals surface area (Å²) in [5.74, 6) is 0.202. The number of ether oxygens (including phenoxy) is 1. The van der Waals surface area contributed by atoms with Crippen LogP contribution in [0, 0.1) is 0 Å². The van der Waals surface area contributed by atoms with Gasteiger partial charge in [-0.15, -0.1) is 0 Å². The van der Waals surface area contributed by atoms with E-state index in [0.29, 0.717) is 10.7 Å². The van der Waals surface area contributed by atoms with E-state index in [-0.39, 0.29) is 10.9 Å². The van der Waals surface area contributed by atoms with Gasteiger partial charge in [-0.25, -0.2) is 9.78 Å². The van der Waals surface area contributed by atoms with E-state index in [4.69, 9.17) is 27.9 Å². The van der Waals surface area contributed by atoms with Gasteiger partial charge in [-0.3, -0.25) is 5.32 Å². The van der Waals surface area contributed by atoms with Crippen LogP contribution < -0.4 is 10.1 Å². The molecular formula is C12H8Cl2N2O2. The van der Waals surface area contributed by atoms with Crippen molar-refractivity contribution >= 4 is 35.0 Å². The number of benzene rings is 1. The molecule has 2 aromatic rings. The number of carbonyl (C=O) groups excluding carboxylic acids is 1.